The first-order valence-corrected chi connectivity index (χ1v) is 16.9. The van der Waals surface area contributed by atoms with Crippen LogP contribution in [0.15, 0.2) is 60.7 Å². The number of fused-ring (bicyclic) bond motifs is 1. The number of nitrogens with zero attached hydrogens (tertiary/aromatic N) is 2. The largest absolute Gasteiger partial charge is 0.286 e. The maximum atomic E-state index is 15.7. The molecule has 0 radical (unpaired) electrons. The molecule has 0 unspecified atom stereocenters. The minimum atomic E-state index is -3.03. The molecule has 6 rings (SSSR count). The van der Waals surface area contributed by atoms with Crippen LogP contribution >= 0.6 is 7.59 Å². The zero-order chi connectivity index (χ0) is 25.8. The topological polar surface area (TPSA) is 35.6 Å². The molecule has 4 nitrogen and oxygen atoms in total. The van der Waals surface area contributed by atoms with E-state index < -0.39 is 7.59 Å². The van der Waals surface area contributed by atoms with E-state index in [9.17, 15) is 0 Å². The van der Waals surface area contributed by atoms with E-state index in [0.29, 0.717) is 23.9 Å². The third-order valence-corrected chi connectivity index (χ3v) is 12.5. The zero-order valence-corrected chi connectivity index (χ0v) is 23.7. The van der Waals surface area contributed by atoms with Gasteiger partial charge in [-0.25, -0.2) is 14.4 Å². The quantitative estimate of drug-likeness (QED) is 0.293. The molecular formula is C33H44N3OP. The highest BCUT2D eigenvalue weighted by Crippen LogP contribution is 2.63. The Kier molecular flexibility index (Phi) is 8.39. The Morgan fingerprint density at radius 1 is 0.711 bits per heavy atom. The van der Waals surface area contributed by atoms with Gasteiger partial charge in [0.25, 0.3) is 7.59 Å². The van der Waals surface area contributed by atoms with Gasteiger partial charge in [0.2, 0.25) is 0 Å². The molecule has 2 aromatic carbocycles. The van der Waals surface area contributed by atoms with E-state index in [1.165, 1.54) is 77.0 Å². The van der Waals surface area contributed by atoms with Gasteiger partial charge in [-0.3, -0.25) is 4.57 Å². The Labute approximate surface area is 230 Å². The molecule has 3 atom stereocenters. The Hall–Kier alpha value is -1.89. The summed E-state index contributed by atoms with van der Waals surface area (Å²) in [6, 6.07) is 21.2. The van der Waals surface area contributed by atoms with Crippen molar-refractivity contribution in [1.29, 1.82) is 0 Å². The molecule has 3 saturated carbocycles. The van der Waals surface area contributed by atoms with Crippen LogP contribution in [0.3, 0.4) is 0 Å². The van der Waals surface area contributed by atoms with E-state index >= 15 is 4.57 Å². The van der Waals surface area contributed by atoms with Gasteiger partial charge in [-0.2, -0.15) is 0 Å². The Morgan fingerprint density at radius 2 is 1.18 bits per heavy atom. The molecule has 0 aromatic heterocycles. The molecule has 1 saturated heterocycles. The number of hydrogen-bond acceptors (Lipinski definition) is 1. The highest BCUT2D eigenvalue weighted by Gasteiger charge is 2.56. The summed E-state index contributed by atoms with van der Waals surface area (Å²) >= 11 is 0. The molecule has 4 aliphatic rings. The Bertz CT molecular complexity index is 1110. The lowest BCUT2D eigenvalue weighted by Gasteiger charge is -2.36. The predicted octanol–water partition coefficient (Wildman–Crippen LogP) is 7.79. The first-order chi connectivity index (χ1) is 18.7. The standard InChI is InChI=1S/C33H44N3OP/c37-38(34-31(30-19-5-2-6-20-30)24-23-27-13-3-1-4-14-27)35(25-28-15-7-8-16-28)32-21-11-12-22-33(32)36(38)26-29-17-9-10-18-29/h1-6,13-14,19-20,28-29,31-33H,7-12,15-18,21-22,25-26H2,(H,34,37)/t31-,32-,33-/m1/s1. The van der Waals surface area contributed by atoms with Gasteiger partial charge in [0.1, 0.15) is 6.04 Å². The second-order valence-electron chi connectivity index (χ2n) is 12.1. The molecular weight excluding hydrogens is 485 g/mol. The smallest absolute Gasteiger partial charge is 0.270 e. The molecule has 2 aromatic rings. The van der Waals surface area contributed by atoms with Crippen molar-refractivity contribution in [2.24, 2.45) is 11.8 Å². The molecule has 0 amide bonds. The van der Waals surface area contributed by atoms with Crippen molar-refractivity contribution < 1.29 is 4.57 Å². The predicted molar refractivity (Wildman–Crippen MR) is 157 cm³/mol. The minimum Gasteiger partial charge on any atom is -0.270 e. The summed E-state index contributed by atoms with van der Waals surface area (Å²) in [4.78, 5) is 0. The van der Waals surface area contributed by atoms with Gasteiger partial charge in [0.05, 0.1) is 0 Å². The van der Waals surface area contributed by atoms with E-state index in [1.54, 1.807) is 0 Å². The molecule has 202 valence electrons. The van der Waals surface area contributed by atoms with Crippen molar-refractivity contribution in [3.05, 3.63) is 71.8 Å². The van der Waals surface area contributed by atoms with E-state index in [0.717, 1.165) is 24.2 Å². The number of rotatable bonds is 7. The van der Waals surface area contributed by atoms with Crippen molar-refractivity contribution >= 4 is 7.59 Å². The Balaban J connectivity index is 1.38. The second kappa shape index (κ2) is 12.1. The molecule has 4 fully saturated rings. The highest BCUT2D eigenvalue weighted by atomic mass is 31.2. The van der Waals surface area contributed by atoms with Gasteiger partial charge < -0.3 is 0 Å². The normalized spacial score (nSPS) is 27.2. The van der Waals surface area contributed by atoms with Gasteiger partial charge in [0.15, 0.2) is 0 Å². The fourth-order valence-electron chi connectivity index (χ4n) is 7.57. The Morgan fingerprint density at radius 3 is 1.71 bits per heavy atom. The molecule has 3 aliphatic carbocycles. The van der Waals surface area contributed by atoms with Crippen LogP contribution < -0.4 is 5.09 Å². The van der Waals surface area contributed by atoms with Crippen LogP contribution in [0.2, 0.25) is 0 Å². The number of benzene rings is 2. The second-order valence-corrected chi connectivity index (χ2v) is 14.5. The number of hydrogen-bond donors (Lipinski definition) is 1. The van der Waals surface area contributed by atoms with Crippen LogP contribution in [0.1, 0.15) is 94.2 Å². The maximum absolute atomic E-state index is 15.7. The summed E-state index contributed by atoms with van der Waals surface area (Å²) < 4.78 is 20.7. The molecule has 0 spiro atoms. The van der Waals surface area contributed by atoms with Crippen molar-refractivity contribution in [3.63, 3.8) is 0 Å². The average Bonchev–Trinajstić information content (AvgIpc) is 3.72. The summed E-state index contributed by atoms with van der Waals surface area (Å²) in [5.41, 5.74) is 2.10. The minimum absolute atomic E-state index is 0.278. The maximum Gasteiger partial charge on any atom is 0.286 e. The molecule has 1 aliphatic heterocycles. The third kappa shape index (κ3) is 5.68. The lowest BCUT2D eigenvalue weighted by molar-refractivity contribution is 0.182. The zero-order valence-electron chi connectivity index (χ0n) is 22.8. The van der Waals surface area contributed by atoms with Gasteiger partial charge >= 0.3 is 0 Å². The fraction of sp³-hybridized carbons (Fsp3) is 0.576. The van der Waals surface area contributed by atoms with Gasteiger partial charge in [-0.15, -0.1) is 0 Å². The molecule has 1 heterocycles. The van der Waals surface area contributed by atoms with Gasteiger partial charge in [0, 0.05) is 30.7 Å². The van der Waals surface area contributed by atoms with Crippen molar-refractivity contribution in [1.82, 2.24) is 14.4 Å². The van der Waals surface area contributed by atoms with Gasteiger partial charge in [-0.05, 0) is 68.1 Å². The van der Waals surface area contributed by atoms with Gasteiger partial charge in [-0.1, -0.05) is 98.9 Å². The average molecular weight is 530 g/mol. The molecule has 1 N–H and O–H groups in total. The first-order valence-electron chi connectivity index (χ1n) is 15.2. The van der Waals surface area contributed by atoms with Crippen molar-refractivity contribution in [2.45, 2.75) is 95.2 Å². The summed E-state index contributed by atoms with van der Waals surface area (Å²) in [5.74, 6) is 8.27. The third-order valence-electron chi connectivity index (χ3n) is 9.56. The first kappa shape index (κ1) is 26.3. The van der Waals surface area contributed by atoms with E-state index in [4.69, 9.17) is 0 Å². The molecule has 38 heavy (non-hydrogen) atoms. The van der Waals surface area contributed by atoms with Crippen molar-refractivity contribution in [2.75, 3.05) is 13.1 Å². The number of nitrogens with one attached hydrogen (secondary N) is 1. The van der Waals surface area contributed by atoms with Crippen LogP contribution in [0.25, 0.3) is 0 Å². The summed E-state index contributed by atoms with van der Waals surface area (Å²) in [5, 5.41) is 3.82. The molecule has 0 bridgehead atoms. The summed E-state index contributed by atoms with van der Waals surface area (Å²) in [6.45, 7) is 1.94. The fourth-order valence-corrected chi connectivity index (χ4v) is 11.0. The van der Waals surface area contributed by atoms with E-state index in [2.05, 4.69) is 68.7 Å². The monoisotopic (exact) mass is 529 g/mol. The van der Waals surface area contributed by atoms with Crippen LogP contribution in [0.5, 0.6) is 0 Å². The van der Waals surface area contributed by atoms with Crippen LogP contribution in [-0.2, 0) is 4.57 Å². The molecule has 5 heteroatoms. The van der Waals surface area contributed by atoms with E-state index in [-0.39, 0.29) is 6.04 Å². The van der Waals surface area contributed by atoms with Crippen LogP contribution in [0, 0.1) is 23.7 Å². The highest BCUT2D eigenvalue weighted by molar-refractivity contribution is 7.57. The SMILES string of the molecule is O=P1(N[C@H](C#Cc2ccccc2)c2ccccc2)N(CC2CCCC2)[C@@H]2CCCC[C@H]2N1CC1CCCC1. The summed E-state index contributed by atoms with van der Waals surface area (Å²) in [7, 11) is -3.03. The van der Waals surface area contributed by atoms with E-state index in [1.807, 2.05) is 18.2 Å². The van der Waals surface area contributed by atoms with Crippen LogP contribution in [-0.4, -0.2) is 34.5 Å². The lowest BCUT2D eigenvalue weighted by Crippen LogP contribution is -2.41. The summed E-state index contributed by atoms with van der Waals surface area (Å²) in [6.07, 6.45) is 15.3. The lowest BCUT2D eigenvalue weighted by atomic mass is 9.89. The van der Waals surface area contributed by atoms with Crippen molar-refractivity contribution in [3.8, 4) is 11.8 Å². The van der Waals surface area contributed by atoms with Crippen LogP contribution in [0.4, 0.5) is 0 Å².